The molecule has 1 saturated heterocycles. The summed E-state index contributed by atoms with van der Waals surface area (Å²) in [7, 11) is 0. The van der Waals surface area contributed by atoms with Crippen molar-refractivity contribution in [1.29, 1.82) is 0 Å². The largest absolute Gasteiger partial charge is 0.493 e. The molecule has 0 N–H and O–H groups in total. The predicted molar refractivity (Wildman–Crippen MR) is 209 cm³/mol. The molecule has 272 valence electrons. The average Bonchev–Trinajstić information content (AvgIpc) is 3.17. The molecule has 5 aromatic rings. The molecule has 4 aromatic carbocycles. The van der Waals surface area contributed by atoms with Gasteiger partial charge in [-0.15, -0.1) is 0 Å². The highest BCUT2D eigenvalue weighted by molar-refractivity contribution is 6.32. The van der Waals surface area contributed by atoms with Gasteiger partial charge in [0.25, 0.3) is 0 Å². The molecule has 9 heteroatoms. The van der Waals surface area contributed by atoms with Crippen LogP contribution in [0.2, 0.25) is 5.02 Å². The second kappa shape index (κ2) is 17.9. The van der Waals surface area contributed by atoms with Gasteiger partial charge in [0.15, 0.2) is 11.5 Å². The zero-order valence-corrected chi connectivity index (χ0v) is 31.1. The molecule has 6 rings (SSSR count). The fourth-order valence-electron chi connectivity index (χ4n) is 5.99. The summed E-state index contributed by atoms with van der Waals surface area (Å²) in [5, 5.41) is 0.436. The standard InChI is InChI=1S/C44H44ClN3O5/c1-31-4-6-36(7-5-31)30-52-40-17-18-42(46-28-40)53-44-32(2)26-37(27-41(44)45)12-19-43(50)48-23-21-47(22-24-48)29-35-10-8-34(9-11-35)20-25-51-39-15-13-38(14-16-39)33(3)49/h4-19,26-28H,20-25,29-30H2,1-3H3/b19-12+. The third kappa shape index (κ3) is 10.8. The number of carbonyl (C=O) groups is 2. The summed E-state index contributed by atoms with van der Waals surface area (Å²) in [6.07, 6.45) is 5.84. The third-order valence-corrected chi connectivity index (χ3v) is 9.43. The number of piperazine rings is 1. The van der Waals surface area contributed by atoms with E-state index < -0.39 is 0 Å². The van der Waals surface area contributed by atoms with E-state index in [0.29, 0.717) is 54.3 Å². The van der Waals surface area contributed by atoms with Gasteiger partial charge in [0.05, 0.1) is 17.8 Å². The molecular weight excluding hydrogens is 686 g/mol. The van der Waals surface area contributed by atoms with Gasteiger partial charge >= 0.3 is 0 Å². The van der Waals surface area contributed by atoms with Crippen LogP contribution in [0.4, 0.5) is 0 Å². The van der Waals surface area contributed by atoms with Crippen molar-refractivity contribution in [3.63, 3.8) is 0 Å². The molecule has 1 fully saturated rings. The molecule has 2 heterocycles. The lowest BCUT2D eigenvalue weighted by molar-refractivity contribution is -0.127. The quantitative estimate of drug-likeness (QED) is 0.0834. The van der Waals surface area contributed by atoms with E-state index in [1.807, 2.05) is 48.2 Å². The number of aryl methyl sites for hydroxylation is 2. The van der Waals surface area contributed by atoms with E-state index >= 15 is 0 Å². The molecule has 0 unspecified atom stereocenters. The summed E-state index contributed by atoms with van der Waals surface area (Å²) >= 11 is 6.63. The molecule has 0 aliphatic carbocycles. The normalized spacial score (nSPS) is 13.2. The third-order valence-electron chi connectivity index (χ3n) is 9.15. The number of aromatic nitrogens is 1. The van der Waals surface area contributed by atoms with Crippen molar-refractivity contribution in [2.45, 2.75) is 40.3 Å². The first-order chi connectivity index (χ1) is 25.7. The first-order valence-corrected chi connectivity index (χ1v) is 18.2. The van der Waals surface area contributed by atoms with Crippen molar-refractivity contribution in [2.75, 3.05) is 32.8 Å². The summed E-state index contributed by atoms with van der Waals surface area (Å²) in [4.78, 5) is 33.2. The Balaban J connectivity index is 0.923. The van der Waals surface area contributed by atoms with Crippen LogP contribution in [0.1, 0.15) is 50.7 Å². The molecule has 0 spiro atoms. The monoisotopic (exact) mass is 729 g/mol. The Hall–Kier alpha value is -5.44. The zero-order valence-electron chi connectivity index (χ0n) is 30.4. The van der Waals surface area contributed by atoms with Crippen LogP contribution in [-0.4, -0.2) is 59.3 Å². The van der Waals surface area contributed by atoms with Gasteiger partial charge in [0, 0.05) is 56.9 Å². The number of ketones is 1. The molecule has 1 amide bonds. The van der Waals surface area contributed by atoms with Crippen LogP contribution in [-0.2, 0) is 24.4 Å². The van der Waals surface area contributed by atoms with Crippen LogP contribution in [0.15, 0.2) is 109 Å². The summed E-state index contributed by atoms with van der Waals surface area (Å²) in [5.74, 6) is 2.36. The van der Waals surface area contributed by atoms with Gasteiger partial charge in [0.2, 0.25) is 11.8 Å². The minimum absolute atomic E-state index is 0.0194. The zero-order chi connectivity index (χ0) is 37.2. The molecule has 0 radical (unpaired) electrons. The molecule has 0 bridgehead atoms. The Labute approximate surface area is 316 Å². The lowest BCUT2D eigenvalue weighted by Gasteiger charge is -2.34. The second-order valence-electron chi connectivity index (χ2n) is 13.3. The number of nitrogens with zero attached hydrogens (tertiary/aromatic N) is 3. The lowest BCUT2D eigenvalue weighted by atomic mass is 10.1. The maximum absolute atomic E-state index is 13.1. The number of Topliss-reactive ketones (excluding diaryl/α,β-unsaturated/α-hetero) is 1. The highest BCUT2D eigenvalue weighted by atomic mass is 35.5. The number of halogens is 1. The van der Waals surface area contributed by atoms with Crippen LogP contribution in [0, 0.1) is 13.8 Å². The molecule has 8 nitrogen and oxygen atoms in total. The Morgan fingerprint density at radius 3 is 2.13 bits per heavy atom. The topological polar surface area (TPSA) is 81.2 Å². The molecule has 1 aromatic heterocycles. The number of ether oxygens (including phenoxy) is 3. The fraction of sp³-hybridized carbons (Fsp3) is 0.250. The van der Waals surface area contributed by atoms with E-state index in [4.69, 9.17) is 25.8 Å². The van der Waals surface area contributed by atoms with Crippen LogP contribution >= 0.6 is 11.6 Å². The SMILES string of the molecule is CC(=O)c1ccc(OCCc2ccc(CN3CCN(C(=O)/C=C/c4cc(C)c(Oc5ccc(OCc6ccc(C)cc6)cn5)c(Cl)c4)CC3)cc2)cc1. The van der Waals surface area contributed by atoms with Gasteiger partial charge < -0.3 is 19.1 Å². The minimum atomic E-state index is -0.0194. The van der Waals surface area contributed by atoms with E-state index in [1.165, 1.54) is 16.7 Å². The Morgan fingerprint density at radius 2 is 1.47 bits per heavy atom. The van der Waals surface area contributed by atoms with E-state index in [9.17, 15) is 9.59 Å². The van der Waals surface area contributed by atoms with Crippen molar-refractivity contribution in [1.82, 2.24) is 14.8 Å². The number of benzene rings is 4. The van der Waals surface area contributed by atoms with Gasteiger partial charge in [-0.05, 0) is 97.1 Å². The van der Waals surface area contributed by atoms with Gasteiger partial charge in [-0.1, -0.05) is 65.7 Å². The number of rotatable bonds is 14. The first kappa shape index (κ1) is 37.3. The predicted octanol–water partition coefficient (Wildman–Crippen LogP) is 8.90. The van der Waals surface area contributed by atoms with Crippen molar-refractivity contribution < 1.29 is 23.8 Å². The van der Waals surface area contributed by atoms with E-state index in [-0.39, 0.29) is 11.7 Å². The summed E-state index contributed by atoms with van der Waals surface area (Å²) in [6, 6.07) is 31.4. The molecule has 53 heavy (non-hydrogen) atoms. The Bertz CT molecular complexity index is 2000. The highest BCUT2D eigenvalue weighted by Crippen LogP contribution is 2.34. The van der Waals surface area contributed by atoms with Crippen molar-refractivity contribution in [3.05, 3.63) is 153 Å². The Morgan fingerprint density at radius 1 is 0.792 bits per heavy atom. The molecule has 0 saturated carbocycles. The Kier molecular flexibility index (Phi) is 12.6. The van der Waals surface area contributed by atoms with E-state index in [1.54, 1.807) is 49.5 Å². The van der Waals surface area contributed by atoms with Crippen LogP contribution in [0.5, 0.6) is 23.1 Å². The number of amides is 1. The summed E-state index contributed by atoms with van der Waals surface area (Å²) in [6.45, 7) is 10.3. The van der Waals surface area contributed by atoms with Gasteiger partial charge in [-0.2, -0.15) is 0 Å². The number of hydrogen-bond donors (Lipinski definition) is 0. The average molecular weight is 730 g/mol. The van der Waals surface area contributed by atoms with Crippen LogP contribution in [0.25, 0.3) is 6.08 Å². The van der Waals surface area contributed by atoms with E-state index in [0.717, 1.165) is 48.5 Å². The van der Waals surface area contributed by atoms with E-state index in [2.05, 4.69) is 53.2 Å². The minimum Gasteiger partial charge on any atom is -0.493 e. The molecule has 0 atom stereocenters. The summed E-state index contributed by atoms with van der Waals surface area (Å²) < 4.78 is 17.7. The fourth-order valence-corrected chi connectivity index (χ4v) is 6.31. The van der Waals surface area contributed by atoms with Crippen molar-refractivity contribution in [3.8, 4) is 23.1 Å². The van der Waals surface area contributed by atoms with Gasteiger partial charge in [0.1, 0.15) is 18.1 Å². The first-order valence-electron chi connectivity index (χ1n) is 17.8. The maximum atomic E-state index is 13.1. The molecule has 1 aliphatic heterocycles. The lowest BCUT2D eigenvalue weighted by Crippen LogP contribution is -2.47. The van der Waals surface area contributed by atoms with Crippen LogP contribution in [0.3, 0.4) is 0 Å². The van der Waals surface area contributed by atoms with Crippen LogP contribution < -0.4 is 14.2 Å². The second-order valence-corrected chi connectivity index (χ2v) is 13.7. The summed E-state index contributed by atoms with van der Waals surface area (Å²) in [5.41, 5.74) is 7.07. The maximum Gasteiger partial charge on any atom is 0.246 e. The number of pyridine rings is 1. The number of carbonyl (C=O) groups excluding carboxylic acids is 2. The number of hydrogen-bond acceptors (Lipinski definition) is 7. The smallest absolute Gasteiger partial charge is 0.246 e. The molecule has 1 aliphatic rings. The van der Waals surface area contributed by atoms with Crippen molar-refractivity contribution >= 4 is 29.4 Å². The van der Waals surface area contributed by atoms with Crippen molar-refractivity contribution in [2.24, 2.45) is 0 Å². The molecular formula is C44H44ClN3O5. The van der Waals surface area contributed by atoms with Gasteiger partial charge in [-0.3, -0.25) is 14.5 Å². The van der Waals surface area contributed by atoms with Gasteiger partial charge in [-0.25, -0.2) is 4.98 Å². The highest BCUT2D eigenvalue weighted by Gasteiger charge is 2.20.